The SMILES string of the molecule is CCOC(=O)COCC(N)c1cc(Br)ccc1OCC. The molecular weight excluding hydrogens is 326 g/mol. The number of hydrogen-bond acceptors (Lipinski definition) is 5. The molecule has 0 saturated carbocycles. The molecule has 0 saturated heterocycles. The molecule has 1 aromatic carbocycles. The Kier molecular flexibility index (Phi) is 7.58. The maximum atomic E-state index is 11.2. The van der Waals surface area contributed by atoms with Gasteiger partial charge in [-0.15, -0.1) is 0 Å². The lowest BCUT2D eigenvalue weighted by molar-refractivity contribution is -0.148. The Hall–Kier alpha value is -1.11. The zero-order valence-corrected chi connectivity index (χ0v) is 13.3. The number of carbonyl (C=O) groups is 1. The van der Waals surface area contributed by atoms with Gasteiger partial charge in [0.25, 0.3) is 0 Å². The minimum atomic E-state index is -0.390. The van der Waals surface area contributed by atoms with Crippen molar-refractivity contribution in [3.05, 3.63) is 28.2 Å². The van der Waals surface area contributed by atoms with Crippen LogP contribution in [0.1, 0.15) is 25.5 Å². The largest absolute Gasteiger partial charge is 0.494 e. The first kappa shape index (κ1) is 16.9. The first-order chi connectivity index (χ1) is 9.58. The molecule has 0 aliphatic rings. The van der Waals surface area contributed by atoms with Crippen LogP contribution in [0.15, 0.2) is 22.7 Å². The summed E-state index contributed by atoms with van der Waals surface area (Å²) in [7, 11) is 0. The van der Waals surface area contributed by atoms with Gasteiger partial charge in [-0.2, -0.15) is 0 Å². The van der Waals surface area contributed by atoms with E-state index in [0.717, 1.165) is 15.8 Å². The van der Waals surface area contributed by atoms with E-state index in [0.29, 0.717) is 13.2 Å². The van der Waals surface area contributed by atoms with Gasteiger partial charge in [0.2, 0.25) is 0 Å². The molecule has 0 radical (unpaired) electrons. The van der Waals surface area contributed by atoms with Crippen LogP contribution in [0.2, 0.25) is 0 Å². The molecule has 0 aromatic heterocycles. The van der Waals surface area contributed by atoms with E-state index in [2.05, 4.69) is 15.9 Å². The molecule has 5 nitrogen and oxygen atoms in total. The minimum Gasteiger partial charge on any atom is -0.494 e. The van der Waals surface area contributed by atoms with E-state index < -0.39 is 0 Å². The molecule has 2 N–H and O–H groups in total. The van der Waals surface area contributed by atoms with E-state index in [9.17, 15) is 4.79 Å². The second-order valence-electron chi connectivity index (χ2n) is 4.04. The van der Waals surface area contributed by atoms with Crippen LogP contribution in [0.5, 0.6) is 5.75 Å². The van der Waals surface area contributed by atoms with Crippen LogP contribution < -0.4 is 10.5 Å². The zero-order chi connectivity index (χ0) is 15.0. The third-order valence-electron chi connectivity index (χ3n) is 2.49. The van der Waals surface area contributed by atoms with Gasteiger partial charge in [-0.05, 0) is 32.0 Å². The molecule has 1 unspecified atom stereocenters. The Morgan fingerprint density at radius 2 is 2.10 bits per heavy atom. The van der Waals surface area contributed by atoms with Crippen LogP contribution in [0.3, 0.4) is 0 Å². The highest BCUT2D eigenvalue weighted by Gasteiger charge is 2.14. The van der Waals surface area contributed by atoms with Crippen LogP contribution in [0, 0.1) is 0 Å². The highest BCUT2D eigenvalue weighted by atomic mass is 79.9. The molecule has 0 heterocycles. The average molecular weight is 346 g/mol. The summed E-state index contributed by atoms with van der Waals surface area (Å²) in [5.41, 5.74) is 6.92. The number of carbonyl (C=O) groups excluding carboxylic acids is 1. The first-order valence-corrected chi connectivity index (χ1v) is 7.29. The smallest absolute Gasteiger partial charge is 0.332 e. The fraction of sp³-hybridized carbons (Fsp3) is 0.500. The molecule has 112 valence electrons. The lowest BCUT2D eigenvalue weighted by Gasteiger charge is -2.17. The summed E-state index contributed by atoms with van der Waals surface area (Å²) in [6.45, 7) is 4.68. The number of benzene rings is 1. The predicted molar refractivity (Wildman–Crippen MR) is 79.7 cm³/mol. The van der Waals surface area contributed by atoms with E-state index in [1.54, 1.807) is 6.92 Å². The van der Waals surface area contributed by atoms with E-state index >= 15 is 0 Å². The molecule has 1 aromatic rings. The lowest BCUT2D eigenvalue weighted by Crippen LogP contribution is -2.21. The van der Waals surface area contributed by atoms with Crippen molar-refractivity contribution < 1.29 is 19.0 Å². The molecular formula is C14H20BrNO4. The summed E-state index contributed by atoms with van der Waals surface area (Å²) in [5.74, 6) is 0.335. The Morgan fingerprint density at radius 1 is 1.35 bits per heavy atom. The van der Waals surface area contributed by atoms with Crippen molar-refractivity contribution in [2.45, 2.75) is 19.9 Å². The maximum absolute atomic E-state index is 11.2. The monoisotopic (exact) mass is 345 g/mol. The number of ether oxygens (including phenoxy) is 3. The van der Waals surface area contributed by atoms with Crippen LogP contribution in [0.4, 0.5) is 0 Å². The molecule has 0 fully saturated rings. The quantitative estimate of drug-likeness (QED) is 0.732. The Balaban J connectivity index is 2.59. The summed E-state index contributed by atoms with van der Waals surface area (Å²) < 4.78 is 16.5. The van der Waals surface area contributed by atoms with Crippen molar-refractivity contribution >= 4 is 21.9 Å². The molecule has 0 amide bonds. The van der Waals surface area contributed by atoms with Crippen molar-refractivity contribution in [1.29, 1.82) is 0 Å². The van der Waals surface area contributed by atoms with Crippen molar-refractivity contribution in [2.24, 2.45) is 5.73 Å². The summed E-state index contributed by atoms with van der Waals surface area (Å²) >= 11 is 3.40. The van der Waals surface area contributed by atoms with Crippen LogP contribution in [-0.2, 0) is 14.3 Å². The summed E-state index contributed by atoms with van der Waals surface area (Å²) in [6.07, 6.45) is 0. The van der Waals surface area contributed by atoms with Gasteiger partial charge in [0.05, 0.1) is 25.9 Å². The average Bonchev–Trinajstić information content (AvgIpc) is 2.41. The standard InChI is InChI=1S/C14H20BrNO4/c1-3-19-13-6-5-10(15)7-11(13)12(16)8-18-9-14(17)20-4-2/h5-7,12H,3-4,8-9,16H2,1-2H3. The summed E-state index contributed by atoms with van der Waals surface area (Å²) in [5, 5.41) is 0. The predicted octanol–water partition coefficient (Wildman–Crippen LogP) is 2.43. The van der Waals surface area contributed by atoms with E-state index in [1.165, 1.54) is 0 Å². The molecule has 0 aliphatic heterocycles. The van der Waals surface area contributed by atoms with Gasteiger partial charge >= 0.3 is 5.97 Å². The second kappa shape index (κ2) is 8.94. The third-order valence-corrected chi connectivity index (χ3v) is 2.99. The molecule has 6 heteroatoms. The normalized spacial score (nSPS) is 12.0. The molecule has 0 bridgehead atoms. The number of rotatable bonds is 8. The van der Waals surface area contributed by atoms with E-state index in [4.69, 9.17) is 19.9 Å². The molecule has 0 spiro atoms. The summed E-state index contributed by atoms with van der Waals surface area (Å²) in [4.78, 5) is 11.2. The van der Waals surface area contributed by atoms with Crippen LogP contribution >= 0.6 is 15.9 Å². The van der Waals surface area contributed by atoms with Crippen molar-refractivity contribution in [3.8, 4) is 5.75 Å². The lowest BCUT2D eigenvalue weighted by atomic mass is 10.1. The van der Waals surface area contributed by atoms with Crippen LogP contribution in [0.25, 0.3) is 0 Å². The summed E-state index contributed by atoms with van der Waals surface area (Å²) in [6, 6.07) is 5.27. The maximum Gasteiger partial charge on any atom is 0.332 e. The molecule has 1 rings (SSSR count). The van der Waals surface area contributed by atoms with Gasteiger partial charge in [0.15, 0.2) is 0 Å². The number of nitrogens with two attached hydrogens (primary N) is 1. The minimum absolute atomic E-state index is 0.0977. The topological polar surface area (TPSA) is 70.8 Å². The fourth-order valence-electron chi connectivity index (χ4n) is 1.66. The van der Waals surface area contributed by atoms with E-state index in [1.807, 2.05) is 25.1 Å². The highest BCUT2D eigenvalue weighted by molar-refractivity contribution is 9.10. The van der Waals surface area contributed by atoms with E-state index in [-0.39, 0.29) is 25.2 Å². The highest BCUT2D eigenvalue weighted by Crippen LogP contribution is 2.27. The second-order valence-corrected chi connectivity index (χ2v) is 4.96. The van der Waals surface area contributed by atoms with Gasteiger partial charge in [0, 0.05) is 10.0 Å². The van der Waals surface area contributed by atoms with Crippen molar-refractivity contribution in [3.63, 3.8) is 0 Å². The van der Waals surface area contributed by atoms with Gasteiger partial charge < -0.3 is 19.9 Å². The number of halogens is 1. The zero-order valence-electron chi connectivity index (χ0n) is 11.7. The molecule has 0 aliphatic carbocycles. The van der Waals surface area contributed by atoms with Gasteiger partial charge in [-0.25, -0.2) is 4.79 Å². The van der Waals surface area contributed by atoms with Gasteiger partial charge in [-0.3, -0.25) is 0 Å². The van der Waals surface area contributed by atoms with Gasteiger partial charge in [0.1, 0.15) is 12.4 Å². The fourth-order valence-corrected chi connectivity index (χ4v) is 2.04. The van der Waals surface area contributed by atoms with Crippen molar-refractivity contribution in [1.82, 2.24) is 0 Å². The van der Waals surface area contributed by atoms with Crippen molar-refractivity contribution in [2.75, 3.05) is 26.4 Å². The molecule has 1 atom stereocenters. The first-order valence-electron chi connectivity index (χ1n) is 6.49. The Labute approximate surface area is 127 Å². The van der Waals surface area contributed by atoms with Gasteiger partial charge in [-0.1, -0.05) is 15.9 Å². The third kappa shape index (κ3) is 5.48. The number of esters is 1. The Bertz CT molecular complexity index is 439. The van der Waals surface area contributed by atoms with Crippen LogP contribution in [-0.4, -0.2) is 32.4 Å². The molecule has 20 heavy (non-hydrogen) atoms. The number of hydrogen-bond donors (Lipinski definition) is 1. The Morgan fingerprint density at radius 3 is 2.75 bits per heavy atom.